The van der Waals surface area contributed by atoms with Crippen molar-refractivity contribution in [3.05, 3.63) is 83.4 Å². The van der Waals surface area contributed by atoms with Crippen LogP contribution in [0, 0.1) is 13.8 Å². The Bertz CT molecular complexity index is 935. The zero-order valence-electron chi connectivity index (χ0n) is 15.5. The number of thioether (sulfide) groups is 1. The summed E-state index contributed by atoms with van der Waals surface area (Å²) < 4.78 is 0. The van der Waals surface area contributed by atoms with Gasteiger partial charge in [0.1, 0.15) is 0 Å². The van der Waals surface area contributed by atoms with Gasteiger partial charge in [-0.05, 0) is 72.0 Å². The van der Waals surface area contributed by atoms with Gasteiger partial charge in [-0.15, -0.1) is 11.8 Å². The van der Waals surface area contributed by atoms with Crippen LogP contribution in [0.3, 0.4) is 0 Å². The highest BCUT2D eigenvalue weighted by Crippen LogP contribution is 2.24. The number of anilines is 1. The number of hydrogen-bond acceptors (Lipinski definition) is 3. The van der Waals surface area contributed by atoms with Crippen LogP contribution in [0.1, 0.15) is 16.7 Å². The lowest BCUT2D eigenvalue weighted by Crippen LogP contribution is -2.00. The Morgan fingerprint density at radius 2 is 1.67 bits per heavy atom. The van der Waals surface area contributed by atoms with Gasteiger partial charge in [0.05, 0.1) is 5.75 Å². The summed E-state index contributed by atoms with van der Waals surface area (Å²) in [5, 5.41) is 12.2. The van der Waals surface area contributed by atoms with Crippen LogP contribution >= 0.6 is 11.8 Å². The largest absolute Gasteiger partial charge is 0.481 e. The molecule has 0 heterocycles. The Morgan fingerprint density at radius 3 is 2.37 bits per heavy atom. The number of benzene rings is 3. The van der Waals surface area contributed by atoms with E-state index in [1.807, 2.05) is 24.3 Å². The first-order valence-corrected chi connectivity index (χ1v) is 9.85. The van der Waals surface area contributed by atoms with E-state index in [0.717, 1.165) is 17.1 Å². The fraction of sp³-hybridized carbons (Fsp3) is 0.174. The second kappa shape index (κ2) is 8.78. The summed E-state index contributed by atoms with van der Waals surface area (Å²) in [6.07, 6.45) is 0. The number of carbonyl (C=O) groups is 1. The number of carboxylic acids is 1. The normalized spacial score (nSPS) is 10.6. The summed E-state index contributed by atoms with van der Waals surface area (Å²) in [6.45, 7) is 5.01. The van der Waals surface area contributed by atoms with E-state index in [1.54, 1.807) is 0 Å². The van der Waals surface area contributed by atoms with Gasteiger partial charge in [-0.1, -0.05) is 36.4 Å². The van der Waals surface area contributed by atoms with Crippen molar-refractivity contribution in [1.29, 1.82) is 0 Å². The van der Waals surface area contributed by atoms with E-state index < -0.39 is 5.97 Å². The molecule has 3 aromatic carbocycles. The highest BCUT2D eigenvalue weighted by Gasteiger charge is 2.03. The van der Waals surface area contributed by atoms with Gasteiger partial charge in [-0.3, -0.25) is 4.79 Å². The third-order valence-corrected chi connectivity index (χ3v) is 5.48. The Morgan fingerprint density at radius 1 is 0.926 bits per heavy atom. The topological polar surface area (TPSA) is 49.3 Å². The van der Waals surface area contributed by atoms with Gasteiger partial charge < -0.3 is 10.4 Å². The first kappa shape index (κ1) is 19.1. The smallest absolute Gasteiger partial charge is 0.313 e. The van der Waals surface area contributed by atoms with Crippen molar-refractivity contribution in [2.45, 2.75) is 25.3 Å². The number of rotatable bonds is 7. The second-order valence-electron chi connectivity index (χ2n) is 6.56. The molecule has 0 saturated heterocycles. The third kappa shape index (κ3) is 5.38. The molecule has 0 aliphatic carbocycles. The number of carboxylic acid groups (broad SMARTS) is 1. The number of hydrogen-bond donors (Lipinski definition) is 2. The zero-order chi connectivity index (χ0) is 19.2. The molecule has 0 unspecified atom stereocenters. The Balaban J connectivity index is 1.64. The first-order valence-electron chi connectivity index (χ1n) is 8.86. The van der Waals surface area contributed by atoms with Gasteiger partial charge in [0, 0.05) is 17.1 Å². The standard InChI is InChI=1S/C23H23NO2S/c1-16-6-7-20(12-17(16)2)19-5-3-4-18(13-19)14-24-21-8-10-22(11-9-21)27-15-23(25)26/h3-13,24H,14-15H2,1-2H3,(H,25,26). The Kier molecular flexibility index (Phi) is 6.20. The lowest BCUT2D eigenvalue weighted by Gasteiger charge is -2.10. The third-order valence-electron chi connectivity index (χ3n) is 4.48. The molecule has 138 valence electrons. The van der Waals surface area contributed by atoms with E-state index in [2.05, 4.69) is 61.6 Å². The summed E-state index contributed by atoms with van der Waals surface area (Å²) in [5.74, 6) is -0.719. The number of aliphatic carboxylic acids is 1. The fourth-order valence-electron chi connectivity index (χ4n) is 2.80. The monoisotopic (exact) mass is 377 g/mol. The van der Waals surface area contributed by atoms with Crippen LogP contribution < -0.4 is 5.32 Å². The molecular weight excluding hydrogens is 354 g/mol. The second-order valence-corrected chi connectivity index (χ2v) is 7.61. The van der Waals surface area contributed by atoms with Crippen LogP contribution in [-0.4, -0.2) is 16.8 Å². The molecule has 0 aliphatic heterocycles. The summed E-state index contributed by atoms with van der Waals surface area (Å²) >= 11 is 1.33. The lowest BCUT2D eigenvalue weighted by molar-refractivity contribution is -0.133. The van der Waals surface area contributed by atoms with E-state index >= 15 is 0 Å². The minimum atomic E-state index is -0.800. The maximum atomic E-state index is 10.6. The molecule has 3 rings (SSSR count). The van der Waals surface area contributed by atoms with Crippen molar-refractivity contribution in [3.63, 3.8) is 0 Å². The molecule has 0 aromatic heterocycles. The highest BCUT2D eigenvalue weighted by molar-refractivity contribution is 8.00. The SMILES string of the molecule is Cc1ccc(-c2cccc(CNc3ccc(SCC(=O)O)cc3)c2)cc1C. The van der Waals surface area contributed by atoms with Crippen LogP contribution in [0.4, 0.5) is 5.69 Å². The van der Waals surface area contributed by atoms with Crippen LogP contribution in [0.15, 0.2) is 71.6 Å². The van der Waals surface area contributed by atoms with Crippen LogP contribution in [0.2, 0.25) is 0 Å². The average Bonchev–Trinajstić information content (AvgIpc) is 2.68. The molecule has 0 amide bonds. The van der Waals surface area contributed by atoms with Gasteiger partial charge in [-0.2, -0.15) is 0 Å². The molecule has 0 bridgehead atoms. The van der Waals surface area contributed by atoms with Gasteiger partial charge in [-0.25, -0.2) is 0 Å². The van der Waals surface area contributed by atoms with Crippen molar-refractivity contribution in [3.8, 4) is 11.1 Å². The van der Waals surface area contributed by atoms with Crippen molar-refractivity contribution in [1.82, 2.24) is 0 Å². The molecule has 0 saturated carbocycles. The molecule has 0 aliphatic rings. The minimum absolute atomic E-state index is 0.0814. The molecule has 0 radical (unpaired) electrons. The molecule has 0 atom stereocenters. The van der Waals surface area contributed by atoms with Crippen molar-refractivity contribution >= 4 is 23.4 Å². The Labute approximate surface area is 164 Å². The molecule has 4 heteroatoms. The van der Waals surface area contributed by atoms with Gasteiger partial charge in [0.15, 0.2) is 0 Å². The van der Waals surface area contributed by atoms with E-state index in [-0.39, 0.29) is 5.75 Å². The summed E-state index contributed by atoms with van der Waals surface area (Å²) in [4.78, 5) is 11.6. The number of aryl methyl sites for hydroxylation is 2. The van der Waals surface area contributed by atoms with Crippen molar-refractivity contribution < 1.29 is 9.90 Å². The van der Waals surface area contributed by atoms with Crippen molar-refractivity contribution in [2.24, 2.45) is 0 Å². The Hall–Kier alpha value is -2.72. The quantitative estimate of drug-likeness (QED) is 0.514. The van der Waals surface area contributed by atoms with Gasteiger partial charge in [0.25, 0.3) is 0 Å². The van der Waals surface area contributed by atoms with Crippen LogP contribution in [-0.2, 0) is 11.3 Å². The highest BCUT2D eigenvalue weighted by atomic mass is 32.2. The van der Waals surface area contributed by atoms with Crippen molar-refractivity contribution in [2.75, 3.05) is 11.1 Å². The molecule has 0 fully saturated rings. The number of nitrogens with one attached hydrogen (secondary N) is 1. The van der Waals surface area contributed by atoms with Crippen LogP contribution in [0.25, 0.3) is 11.1 Å². The summed E-state index contributed by atoms with van der Waals surface area (Å²) in [5.41, 5.74) is 7.30. The van der Waals surface area contributed by atoms with Gasteiger partial charge in [0.2, 0.25) is 0 Å². The molecule has 3 nitrogen and oxygen atoms in total. The maximum absolute atomic E-state index is 10.6. The summed E-state index contributed by atoms with van der Waals surface area (Å²) in [6, 6.07) is 23.0. The molecule has 2 N–H and O–H groups in total. The van der Waals surface area contributed by atoms with E-state index in [0.29, 0.717) is 0 Å². The lowest BCUT2D eigenvalue weighted by atomic mass is 9.99. The van der Waals surface area contributed by atoms with Gasteiger partial charge >= 0.3 is 5.97 Å². The van der Waals surface area contributed by atoms with E-state index in [1.165, 1.54) is 39.6 Å². The summed E-state index contributed by atoms with van der Waals surface area (Å²) in [7, 11) is 0. The van der Waals surface area contributed by atoms with E-state index in [9.17, 15) is 4.79 Å². The molecule has 3 aromatic rings. The minimum Gasteiger partial charge on any atom is -0.481 e. The first-order chi connectivity index (χ1) is 13.0. The zero-order valence-corrected chi connectivity index (χ0v) is 16.3. The molecule has 27 heavy (non-hydrogen) atoms. The fourth-order valence-corrected chi connectivity index (χ4v) is 3.42. The molecule has 0 spiro atoms. The van der Waals surface area contributed by atoms with Crippen LogP contribution in [0.5, 0.6) is 0 Å². The average molecular weight is 378 g/mol. The predicted molar refractivity (Wildman–Crippen MR) is 113 cm³/mol. The predicted octanol–water partition coefficient (Wildman–Crippen LogP) is 5.76. The molecular formula is C23H23NO2S. The van der Waals surface area contributed by atoms with E-state index in [4.69, 9.17) is 5.11 Å². The maximum Gasteiger partial charge on any atom is 0.313 e.